The molecule has 0 aliphatic carbocycles. The van der Waals surface area contributed by atoms with Crippen LogP contribution in [0.1, 0.15) is 12.5 Å². The van der Waals surface area contributed by atoms with Crippen molar-refractivity contribution in [2.45, 2.75) is 13.3 Å². The Morgan fingerprint density at radius 3 is 2.70 bits per heavy atom. The maximum atomic E-state index is 5.81. The van der Waals surface area contributed by atoms with Crippen LogP contribution in [0.2, 0.25) is 0 Å². The number of methoxy groups -OCH3 is 1. The number of nitrogens with zero attached hydrogens (tertiary/aromatic N) is 2. The van der Waals surface area contributed by atoms with Crippen molar-refractivity contribution in [3.63, 3.8) is 0 Å². The first-order valence-corrected chi connectivity index (χ1v) is 7.01. The fourth-order valence-corrected chi connectivity index (χ4v) is 2.20. The lowest BCUT2D eigenvalue weighted by Gasteiger charge is -2.12. The summed E-state index contributed by atoms with van der Waals surface area (Å²) in [6, 6.07) is 5.85. The van der Waals surface area contributed by atoms with Gasteiger partial charge in [-0.2, -0.15) is 0 Å². The molecule has 0 amide bonds. The summed E-state index contributed by atoms with van der Waals surface area (Å²) >= 11 is 3.42. The fraction of sp³-hybridized carbons (Fsp3) is 0.286. The summed E-state index contributed by atoms with van der Waals surface area (Å²) in [4.78, 5) is 8.21. The van der Waals surface area contributed by atoms with Crippen molar-refractivity contribution in [3.05, 3.63) is 34.6 Å². The molecule has 0 radical (unpaired) electrons. The van der Waals surface area contributed by atoms with Gasteiger partial charge in [0.25, 0.3) is 0 Å². The van der Waals surface area contributed by atoms with Crippen molar-refractivity contribution >= 4 is 21.7 Å². The van der Waals surface area contributed by atoms with Crippen molar-refractivity contribution in [3.8, 4) is 17.4 Å². The molecule has 106 valence electrons. The number of aromatic nitrogens is 2. The zero-order chi connectivity index (χ0) is 14.5. The van der Waals surface area contributed by atoms with Gasteiger partial charge >= 0.3 is 0 Å². The fourth-order valence-electron chi connectivity index (χ4n) is 1.72. The van der Waals surface area contributed by atoms with E-state index in [2.05, 4.69) is 38.1 Å². The quantitative estimate of drug-likeness (QED) is 0.902. The van der Waals surface area contributed by atoms with E-state index in [4.69, 9.17) is 9.47 Å². The number of anilines is 1. The van der Waals surface area contributed by atoms with E-state index >= 15 is 0 Å². The number of hydrogen-bond donors (Lipinski definition) is 1. The zero-order valence-corrected chi connectivity index (χ0v) is 13.2. The maximum absolute atomic E-state index is 5.81. The Kier molecular flexibility index (Phi) is 4.79. The van der Waals surface area contributed by atoms with Crippen molar-refractivity contribution in [1.82, 2.24) is 9.97 Å². The second-order valence-corrected chi connectivity index (χ2v) is 4.83. The van der Waals surface area contributed by atoms with Crippen molar-refractivity contribution in [2.24, 2.45) is 0 Å². The first kappa shape index (κ1) is 14.6. The normalized spacial score (nSPS) is 10.2. The Morgan fingerprint density at radius 2 is 2.05 bits per heavy atom. The molecule has 6 heteroatoms. The third kappa shape index (κ3) is 3.01. The lowest BCUT2D eigenvalue weighted by Crippen LogP contribution is -1.99. The third-order valence-corrected chi connectivity index (χ3v) is 3.55. The van der Waals surface area contributed by atoms with E-state index in [1.165, 1.54) is 11.9 Å². The van der Waals surface area contributed by atoms with E-state index in [0.29, 0.717) is 27.7 Å². The van der Waals surface area contributed by atoms with Crippen LogP contribution in [0.25, 0.3) is 0 Å². The van der Waals surface area contributed by atoms with Gasteiger partial charge in [-0.15, -0.1) is 0 Å². The zero-order valence-electron chi connectivity index (χ0n) is 11.6. The Labute approximate surface area is 126 Å². The minimum atomic E-state index is 0.437. The molecule has 1 aromatic heterocycles. The Morgan fingerprint density at radius 1 is 1.25 bits per heavy atom. The van der Waals surface area contributed by atoms with Crippen LogP contribution < -0.4 is 14.8 Å². The highest BCUT2D eigenvalue weighted by atomic mass is 79.9. The third-order valence-electron chi connectivity index (χ3n) is 2.84. The average Bonchev–Trinajstić information content (AvgIpc) is 2.49. The van der Waals surface area contributed by atoms with Gasteiger partial charge in [-0.05, 0) is 40.0 Å². The van der Waals surface area contributed by atoms with Crippen molar-refractivity contribution in [1.29, 1.82) is 0 Å². The highest BCUT2D eigenvalue weighted by molar-refractivity contribution is 9.10. The molecule has 2 rings (SSSR count). The Bertz CT molecular complexity index is 605. The summed E-state index contributed by atoms with van der Waals surface area (Å²) < 4.78 is 11.8. The lowest BCUT2D eigenvalue weighted by molar-refractivity contribution is 0.372. The van der Waals surface area contributed by atoms with E-state index in [1.807, 2.05) is 18.2 Å². The molecule has 0 aliphatic rings. The molecule has 0 saturated carbocycles. The van der Waals surface area contributed by atoms with Crippen LogP contribution >= 0.6 is 15.9 Å². The van der Waals surface area contributed by atoms with Crippen LogP contribution in [0.5, 0.6) is 17.4 Å². The summed E-state index contributed by atoms with van der Waals surface area (Å²) in [6.07, 6.45) is 2.39. The highest BCUT2D eigenvalue weighted by Crippen LogP contribution is 2.36. The average molecular weight is 338 g/mol. The lowest BCUT2D eigenvalue weighted by atomic mass is 10.1. The summed E-state index contributed by atoms with van der Waals surface area (Å²) in [6.45, 7) is 2.09. The molecule has 1 aromatic carbocycles. The van der Waals surface area contributed by atoms with Gasteiger partial charge in [-0.3, -0.25) is 0 Å². The van der Waals surface area contributed by atoms with E-state index in [0.717, 1.165) is 6.42 Å². The van der Waals surface area contributed by atoms with Gasteiger partial charge in [-0.25, -0.2) is 9.97 Å². The van der Waals surface area contributed by atoms with Gasteiger partial charge in [0.05, 0.1) is 7.11 Å². The van der Waals surface area contributed by atoms with Gasteiger partial charge < -0.3 is 14.8 Å². The molecule has 0 spiro atoms. The Hall–Kier alpha value is -1.82. The molecular weight excluding hydrogens is 322 g/mol. The molecule has 5 nitrogen and oxygen atoms in total. The molecule has 0 atom stereocenters. The van der Waals surface area contributed by atoms with Gasteiger partial charge in [0.1, 0.15) is 16.6 Å². The van der Waals surface area contributed by atoms with Crippen LogP contribution in [0, 0.1) is 0 Å². The highest BCUT2D eigenvalue weighted by Gasteiger charge is 2.13. The second-order valence-electron chi connectivity index (χ2n) is 4.03. The van der Waals surface area contributed by atoms with Crippen LogP contribution in [-0.2, 0) is 6.42 Å². The molecule has 1 N–H and O–H groups in total. The largest absolute Gasteiger partial charge is 0.493 e. The van der Waals surface area contributed by atoms with Crippen LogP contribution in [-0.4, -0.2) is 24.1 Å². The van der Waals surface area contributed by atoms with Crippen LogP contribution in [0.4, 0.5) is 5.82 Å². The van der Waals surface area contributed by atoms with E-state index in [-0.39, 0.29) is 0 Å². The standard InChI is InChI=1S/C14H16BrN3O2/c1-4-9-5-6-10(11(7-9)19-3)20-14-12(15)13(16-2)17-8-18-14/h5-8H,4H2,1-3H3,(H,16,17,18). The smallest absolute Gasteiger partial charge is 0.239 e. The molecule has 0 saturated heterocycles. The number of rotatable bonds is 5. The number of nitrogens with one attached hydrogen (secondary N) is 1. The minimum Gasteiger partial charge on any atom is -0.493 e. The second kappa shape index (κ2) is 6.56. The maximum Gasteiger partial charge on any atom is 0.239 e. The summed E-state index contributed by atoms with van der Waals surface area (Å²) in [5, 5.41) is 2.96. The SMILES string of the molecule is CCc1ccc(Oc2ncnc(NC)c2Br)c(OC)c1. The first-order valence-electron chi connectivity index (χ1n) is 6.22. The molecule has 0 bridgehead atoms. The molecule has 20 heavy (non-hydrogen) atoms. The van der Waals surface area contributed by atoms with Crippen molar-refractivity contribution < 1.29 is 9.47 Å². The van der Waals surface area contributed by atoms with E-state index < -0.39 is 0 Å². The summed E-state index contributed by atoms with van der Waals surface area (Å²) in [5.41, 5.74) is 1.19. The summed E-state index contributed by atoms with van der Waals surface area (Å²) in [7, 11) is 3.41. The topological polar surface area (TPSA) is 56.3 Å². The first-order chi connectivity index (χ1) is 9.69. The summed E-state index contributed by atoms with van der Waals surface area (Å²) in [5.74, 6) is 2.40. The molecule has 2 aromatic rings. The number of aryl methyl sites for hydroxylation is 1. The monoisotopic (exact) mass is 337 g/mol. The molecule has 1 heterocycles. The van der Waals surface area contributed by atoms with Crippen LogP contribution in [0.3, 0.4) is 0 Å². The number of benzene rings is 1. The van der Waals surface area contributed by atoms with E-state index in [9.17, 15) is 0 Å². The van der Waals surface area contributed by atoms with Crippen LogP contribution in [0.15, 0.2) is 29.0 Å². The predicted octanol–water partition coefficient (Wildman–Crippen LogP) is 3.64. The van der Waals surface area contributed by atoms with Crippen molar-refractivity contribution in [2.75, 3.05) is 19.5 Å². The van der Waals surface area contributed by atoms with Gasteiger partial charge in [0, 0.05) is 7.05 Å². The van der Waals surface area contributed by atoms with Gasteiger partial charge in [0.15, 0.2) is 11.5 Å². The number of ether oxygens (including phenoxy) is 2. The molecule has 0 unspecified atom stereocenters. The molecule has 0 fully saturated rings. The van der Waals surface area contributed by atoms with Gasteiger partial charge in [-0.1, -0.05) is 13.0 Å². The Balaban J connectivity index is 2.35. The molecule has 0 aliphatic heterocycles. The predicted molar refractivity (Wildman–Crippen MR) is 81.7 cm³/mol. The van der Waals surface area contributed by atoms with Gasteiger partial charge in [0.2, 0.25) is 5.88 Å². The minimum absolute atomic E-state index is 0.437. The molecular formula is C14H16BrN3O2. The number of hydrogen-bond acceptors (Lipinski definition) is 5. The number of halogens is 1. The van der Waals surface area contributed by atoms with E-state index in [1.54, 1.807) is 14.2 Å².